The number of likely N-dealkylation sites (tertiary alicyclic amines) is 1. The highest BCUT2D eigenvalue weighted by Crippen LogP contribution is 2.28. The van der Waals surface area contributed by atoms with Gasteiger partial charge in [0.15, 0.2) is 0 Å². The zero-order valence-electron chi connectivity index (χ0n) is 9.04. The molecule has 0 saturated carbocycles. The van der Waals surface area contributed by atoms with E-state index in [-0.39, 0.29) is 17.7 Å². The highest BCUT2D eigenvalue weighted by Gasteiger charge is 2.43. The van der Waals surface area contributed by atoms with Crippen LogP contribution in [0.15, 0.2) is 12.7 Å². The second kappa shape index (κ2) is 3.56. The third-order valence-corrected chi connectivity index (χ3v) is 2.36. The van der Waals surface area contributed by atoms with E-state index >= 15 is 0 Å². The van der Waals surface area contributed by atoms with Gasteiger partial charge in [0.25, 0.3) is 0 Å². The molecule has 0 spiro atoms. The van der Waals surface area contributed by atoms with Crippen LogP contribution in [0.25, 0.3) is 0 Å². The predicted octanol–water partition coefficient (Wildman–Crippen LogP) is 1.74. The summed E-state index contributed by atoms with van der Waals surface area (Å²) in [6.45, 7) is 9.21. The van der Waals surface area contributed by atoms with Crippen molar-refractivity contribution in [2.45, 2.75) is 39.2 Å². The SMILES string of the molecule is C=CCC1CC(=O)N(C(C)(C)C)C1=O. The van der Waals surface area contributed by atoms with Gasteiger partial charge < -0.3 is 0 Å². The van der Waals surface area contributed by atoms with Gasteiger partial charge in [0.1, 0.15) is 0 Å². The minimum atomic E-state index is -0.399. The Morgan fingerprint density at radius 3 is 2.43 bits per heavy atom. The van der Waals surface area contributed by atoms with Gasteiger partial charge in [0.2, 0.25) is 11.8 Å². The van der Waals surface area contributed by atoms with Crippen molar-refractivity contribution in [1.29, 1.82) is 0 Å². The van der Waals surface area contributed by atoms with Crippen molar-refractivity contribution in [3.8, 4) is 0 Å². The molecule has 1 atom stereocenters. The highest BCUT2D eigenvalue weighted by atomic mass is 16.2. The molecule has 0 aromatic rings. The van der Waals surface area contributed by atoms with Gasteiger partial charge in [0, 0.05) is 12.0 Å². The van der Waals surface area contributed by atoms with Crippen molar-refractivity contribution >= 4 is 11.8 Å². The van der Waals surface area contributed by atoms with Crippen molar-refractivity contribution < 1.29 is 9.59 Å². The van der Waals surface area contributed by atoms with Crippen molar-refractivity contribution in [1.82, 2.24) is 4.90 Å². The van der Waals surface area contributed by atoms with Crippen LogP contribution in [0.3, 0.4) is 0 Å². The van der Waals surface area contributed by atoms with E-state index in [1.807, 2.05) is 20.8 Å². The molecule has 3 nitrogen and oxygen atoms in total. The van der Waals surface area contributed by atoms with Crippen LogP contribution in [0.5, 0.6) is 0 Å². The zero-order chi connectivity index (χ0) is 10.9. The lowest BCUT2D eigenvalue weighted by molar-refractivity contribution is -0.144. The standard InChI is InChI=1S/C11H17NO2/c1-5-6-8-7-9(13)12(10(8)14)11(2,3)4/h5,8H,1,6-7H2,2-4H3. The Labute approximate surface area is 84.8 Å². The number of imide groups is 1. The summed E-state index contributed by atoms with van der Waals surface area (Å²) in [5, 5.41) is 0. The molecule has 1 heterocycles. The number of amides is 2. The van der Waals surface area contributed by atoms with Gasteiger partial charge >= 0.3 is 0 Å². The molecule has 0 aliphatic carbocycles. The minimum Gasteiger partial charge on any atom is -0.277 e. The van der Waals surface area contributed by atoms with Gasteiger partial charge in [0.05, 0.1) is 5.92 Å². The van der Waals surface area contributed by atoms with Crippen molar-refractivity contribution in [2.24, 2.45) is 5.92 Å². The lowest BCUT2D eigenvalue weighted by Gasteiger charge is -2.30. The molecule has 1 aliphatic heterocycles. The molecule has 0 bridgehead atoms. The van der Waals surface area contributed by atoms with Crippen molar-refractivity contribution in [2.75, 3.05) is 0 Å². The number of hydrogen-bond acceptors (Lipinski definition) is 2. The maximum Gasteiger partial charge on any atom is 0.233 e. The van der Waals surface area contributed by atoms with Gasteiger partial charge in [-0.2, -0.15) is 0 Å². The lowest BCUT2D eigenvalue weighted by Crippen LogP contribution is -2.45. The van der Waals surface area contributed by atoms with E-state index in [1.54, 1.807) is 6.08 Å². The Balaban J connectivity index is 2.86. The van der Waals surface area contributed by atoms with Crippen LogP contribution in [-0.4, -0.2) is 22.3 Å². The third kappa shape index (κ3) is 1.86. The average molecular weight is 195 g/mol. The van der Waals surface area contributed by atoms with E-state index in [9.17, 15) is 9.59 Å². The fourth-order valence-corrected chi connectivity index (χ4v) is 1.78. The van der Waals surface area contributed by atoms with Crippen LogP contribution in [-0.2, 0) is 9.59 Å². The summed E-state index contributed by atoms with van der Waals surface area (Å²) in [6, 6.07) is 0. The zero-order valence-corrected chi connectivity index (χ0v) is 9.04. The summed E-state index contributed by atoms with van der Waals surface area (Å²) < 4.78 is 0. The Kier molecular flexibility index (Phi) is 2.79. The number of rotatable bonds is 2. The molecule has 0 radical (unpaired) electrons. The van der Waals surface area contributed by atoms with Gasteiger partial charge in [-0.3, -0.25) is 14.5 Å². The topological polar surface area (TPSA) is 37.4 Å². The first kappa shape index (κ1) is 11.0. The van der Waals surface area contributed by atoms with E-state index in [1.165, 1.54) is 4.90 Å². The average Bonchev–Trinajstić information content (AvgIpc) is 2.26. The summed E-state index contributed by atoms with van der Waals surface area (Å²) in [5.41, 5.74) is -0.399. The molecule has 1 unspecified atom stereocenters. The lowest BCUT2D eigenvalue weighted by atomic mass is 10.0. The van der Waals surface area contributed by atoms with E-state index < -0.39 is 5.54 Å². The molecule has 1 fully saturated rings. The van der Waals surface area contributed by atoms with Crippen molar-refractivity contribution in [3.63, 3.8) is 0 Å². The minimum absolute atomic E-state index is 0.0533. The quantitative estimate of drug-likeness (QED) is 0.497. The fraction of sp³-hybridized carbons (Fsp3) is 0.636. The molecule has 3 heteroatoms. The monoisotopic (exact) mass is 195 g/mol. The molecule has 0 aromatic heterocycles. The molecule has 1 aliphatic rings. The molecule has 78 valence electrons. The normalized spacial score (nSPS) is 23.1. The van der Waals surface area contributed by atoms with Crippen LogP contribution >= 0.6 is 0 Å². The summed E-state index contributed by atoms with van der Waals surface area (Å²) in [6.07, 6.45) is 2.63. The number of carbonyl (C=O) groups excluding carboxylic acids is 2. The highest BCUT2D eigenvalue weighted by molar-refractivity contribution is 6.04. The molecule has 14 heavy (non-hydrogen) atoms. The van der Waals surface area contributed by atoms with Gasteiger partial charge in [-0.05, 0) is 27.2 Å². The molecular formula is C11H17NO2. The van der Waals surface area contributed by atoms with Gasteiger partial charge in [-0.25, -0.2) is 0 Å². The first-order valence-electron chi connectivity index (χ1n) is 4.85. The second-order valence-corrected chi connectivity index (χ2v) is 4.66. The van der Waals surface area contributed by atoms with Crippen LogP contribution in [0, 0.1) is 5.92 Å². The first-order chi connectivity index (χ1) is 6.38. The Morgan fingerprint density at radius 1 is 1.50 bits per heavy atom. The fourth-order valence-electron chi connectivity index (χ4n) is 1.78. The second-order valence-electron chi connectivity index (χ2n) is 4.66. The smallest absolute Gasteiger partial charge is 0.233 e. The molecule has 0 N–H and O–H groups in total. The van der Waals surface area contributed by atoms with Crippen LogP contribution in [0.1, 0.15) is 33.6 Å². The number of nitrogens with zero attached hydrogens (tertiary/aromatic N) is 1. The first-order valence-corrected chi connectivity index (χ1v) is 4.85. The van der Waals surface area contributed by atoms with E-state index in [0.29, 0.717) is 12.8 Å². The van der Waals surface area contributed by atoms with Crippen molar-refractivity contribution in [3.05, 3.63) is 12.7 Å². The number of allylic oxidation sites excluding steroid dienone is 1. The van der Waals surface area contributed by atoms with Gasteiger partial charge in [-0.15, -0.1) is 6.58 Å². The summed E-state index contributed by atoms with van der Waals surface area (Å²) in [5.74, 6) is -0.295. The molecular weight excluding hydrogens is 178 g/mol. The van der Waals surface area contributed by atoms with Crippen LogP contribution < -0.4 is 0 Å². The molecule has 0 aromatic carbocycles. The van der Waals surface area contributed by atoms with E-state index in [0.717, 1.165) is 0 Å². The molecule has 1 saturated heterocycles. The van der Waals surface area contributed by atoms with Gasteiger partial charge in [-0.1, -0.05) is 6.08 Å². The summed E-state index contributed by atoms with van der Waals surface area (Å²) in [4.78, 5) is 24.8. The van der Waals surface area contributed by atoms with E-state index in [2.05, 4.69) is 6.58 Å². The Bertz CT molecular complexity index is 276. The Morgan fingerprint density at radius 2 is 2.07 bits per heavy atom. The maximum absolute atomic E-state index is 11.8. The summed E-state index contributed by atoms with van der Waals surface area (Å²) >= 11 is 0. The largest absolute Gasteiger partial charge is 0.277 e. The maximum atomic E-state index is 11.8. The number of carbonyl (C=O) groups is 2. The van der Waals surface area contributed by atoms with Crippen LogP contribution in [0.2, 0.25) is 0 Å². The van der Waals surface area contributed by atoms with Crippen LogP contribution in [0.4, 0.5) is 0 Å². The summed E-state index contributed by atoms with van der Waals surface area (Å²) in [7, 11) is 0. The predicted molar refractivity (Wildman–Crippen MR) is 54.5 cm³/mol. The number of hydrogen-bond donors (Lipinski definition) is 0. The Hall–Kier alpha value is -1.12. The van der Waals surface area contributed by atoms with E-state index in [4.69, 9.17) is 0 Å². The third-order valence-electron chi connectivity index (χ3n) is 2.36. The molecule has 2 amide bonds. The molecule has 1 rings (SSSR count).